The number of ether oxygens (including phenoxy) is 2. The van der Waals surface area contributed by atoms with Gasteiger partial charge in [-0.2, -0.15) is 13.2 Å². The minimum atomic E-state index is -4.69. The zero-order chi connectivity index (χ0) is 16.8. The molecule has 0 fully saturated rings. The molecule has 1 aliphatic heterocycles. The van der Waals surface area contributed by atoms with Crippen LogP contribution in [0.3, 0.4) is 0 Å². The number of hydrogen-bond acceptors (Lipinski definition) is 3. The van der Waals surface area contributed by atoms with E-state index in [1.54, 1.807) is 0 Å². The molecule has 3 rings (SSSR count). The number of fused-ring (bicyclic) bond motifs is 1. The maximum absolute atomic E-state index is 13.2. The van der Waals surface area contributed by atoms with Crippen molar-refractivity contribution < 1.29 is 36.2 Å². The zero-order valence-corrected chi connectivity index (χ0v) is 11.2. The lowest BCUT2D eigenvalue weighted by atomic mass is 9.99. The fourth-order valence-electron chi connectivity index (χ4n) is 2.24. The molecule has 0 aromatic heterocycles. The Morgan fingerprint density at radius 1 is 1.04 bits per heavy atom. The summed E-state index contributed by atoms with van der Waals surface area (Å²) < 4.78 is 73.7. The molecule has 2 aromatic carbocycles. The van der Waals surface area contributed by atoms with Crippen molar-refractivity contribution in [1.29, 1.82) is 0 Å². The van der Waals surface area contributed by atoms with E-state index in [4.69, 9.17) is 0 Å². The highest BCUT2D eigenvalue weighted by molar-refractivity contribution is 5.82. The SMILES string of the molecule is O=Cc1cc(-c2cccc3c2OC(F)(F)O3)cc(C(F)(F)F)c1. The maximum atomic E-state index is 13.2. The Kier molecular flexibility index (Phi) is 3.28. The second-order valence-corrected chi connectivity index (χ2v) is 4.76. The number of alkyl halides is 5. The van der Waals surface area contributed by atoms with Gasteiger partial charge >= 0.3 is 12.5 Å². The lowest BCUT2D eigenvalue weighted by Gasteiger charge is -2.12. The Bertz CT molecular complexity index is 783. The zero-order valence-electron chi connectivity index (χ0n) is 11.2. The van der Waals surface area contributed by atoms with Gasteiger partial charge in [0.2, 0.25) is 0 Å². The van der Waals surface area contributed by atoms with Crippen molar-refractivity contribution in [2.24, 2.45) is 0 Å². The number of hydrogen-bond donors (Lipinski definition) is 0. The number of rotatable bonds is 2. The van der Waals surface area contributed by atoms with Crippen LogP contribution in [0.5, 0.6) is 11.5 Å². The van der Waals surface area contributed by atoms with Crippen molar-refractivity contribution in [3.05, 3.63) is 47.5 Å². The van der Waals surface area contributed by atoms with Crippen LogP contribution in [-0.4, -0.2) is 12.6 Å². The second kappa shape index (κ2) is 4.94. The summed E-state index contributed by atoms with van der Waals surface area (Å²) in [5.74, 6) is -0.675. The van der Waals surface area contributed by atoms with Gasteiger partial charge < -0.3 is 9.47 Å². The first-order valence-corrected chi connectivity index (χ1v) is 6.26. The first-order valence-electron chi connectivity index (χ1n) is 6.26. The lowest BCUT2D eigenvalue weighted by molar-refractivity contribution is -0.286. The Morgan fingerprint density at radius 3 is 2.43 bits per heavy atom. The van der Waals surface area contributed by atoms with Gasteiger partial charge in [-0.1, -0.05) is 12.1 Å². The first kappa shape index (κ1) is 15.3. The van der Waals surface area contributed by atoms with Gasteiger partial charge in [-0.3, -0.25) is 4.79 Å². The Labute approximate surface area is 126 Å². The minimum absolute atomic E-state index is 0.0334. The summed E-state index contributed by atoms with van der Waals surface area (Å²) in [6, 6.07) is 6.41. The summed E-state index contributed by atoms with van der Waals surface area (Å²) in [7, 11) is 0. The van der Waals surface area contributed by atoms with Gasteiger partial charge in [0.1, 0.15) is 6.29 Å². The van der Waals surface area contributed by atoms with Crippen LogP contribution in [0.15, 0.2) is 36.4 Å². The molecular formula is C15H7F5O3. The third kappa shape index (κ3) is 2.84. The fraction of sp³-hybridized carbons (Fsp3) is 0.133. The van der Waals surface area contributed by atoms with Gasteiger partial charge in [0, 0.05) is 11.1 Å². The van der Waals surface area contributed by atoms with Crippen LogP contribution >= 0.6 is 0 Å². The predicted octanol–water partition coefficient (Wildman–Crippen LogP) is 4.51. The largest absolute Gasteiger partial charge is 0.586 e. The summed E-state index contributed by atoms with van der Waals surface area (Å²) in [5, 5.41) is 0. The minimum Gasteiger partial charge on any atom is -0.395 e. The van der Waals surface area contributed by atoms with Crippen molar-refractivity contribution >= 4 is 6.29 Å². The van der Waals surface area contributed by atoms with Crippen molar-refractivity contribution in [3.8, 4) is 22.6 Å². The third-order valence-corrected chi connectivity index (χ3v) is 3.16. The van der Waals surface area contributed by atoms with Crippen LogP contribution in [-0.2, 0) is 6.18 Å². The van der Waals surface area contributed by atoms with Gasteiger partial charge in [-0.05, 0) is 29.8 Å². The topological polar surface area (TPSA) is 35.5 Å². The molecule has 0 radical (unpaired) electrons. The number of carbonyl (C=O) groups is 1. The van der Waals surface area contributed by atoms with Crippen LogP contribution in [0.4, 0.5) is 22.0 Å². The molecule has 0 spiro atoms. The van der Waals surface area contributed by atoms with Gasteiger partial charge in [0.15, 0.2) is 11.5 Å². The fourth-order valence-corrected chi connectivity index (χ4v) is 2.24. The van der Waals surface area contributed by atoms with Gasteiger partial charge in [0.05, 0.1) is 5.56 Å². The van der Waals surface area contributed by atoms with Crippen molar-refractivity contribution in [2.45, 2.75) is 12.5 Å². The molecule has 0 bridgehead atoms. The van der Waals surface area contributed by atoms with Crippen molar-refractivity contribution in [2.75, 3.05) is 0 Å². The highest BCUT2D eigenvalue weighted by atomic mass is 19.4. The molecule has 0 N–H and O–H groups in total. The van der Waals surface area contributed by atoms with Gasteiger partial charge in [-0.15, -0.1) is 8.78 Å². The van der Waals surface area contributed by atoms with E-state index in [-0.39, 0.29) is 34.5 Å². The molecule has 0 unspecified atom stereocenters. The molecule has 120 valence electrons. The number of benzene rings is 2. The Balaban J connectivity index is 2.18. The highest BCUT2D eigenvalue weighted by Gasteiger charge is 2.44. The van der Waals surface area contributed by atoms with E-state index in [2.05, 4.69) is 9.47 Å². The Hall–Kier alpha value is -2.64. The molecular weight excluding hydrogens is 323 g/mol. The quantitative estimate of drug-likeness (QED) is 0.600. The Morgan fingerprint density at radius 2 is 1.78 bits per heavy atom. The molecule has 0 saturated heterocycles. The van der Waals surface area contributed by atoms with Crippen LogP contribution in [0, 0.1) is 0 Å². The van der Waals surface area contributed by atoms with Gasteiger partial charge in [-0.25, -0.2) is 0 Å². The van der Waals surface area contributed by atoms with E-state index < -0.39 is 18.0 Å². The third-order valence-electron chi connectivity index (χ3n) is 3.16. The van der Waals surface area contributed by atoms with Gasteiger partial charge in [0.25, 0.3) is 0 Å². The number of para-hydroxylation sites is 1. The molecule has 3 nitrogen and oxygen atoms in total. The molecule has 1 aliphatic rings. The molecule has 0 saturated carbocycles. The van der Waals surface area contributed by atoms with E-state index in [0.717, 1.165) is 12.1 Å². The number of carbonyl (C=O) groups excluding carboxylic acids is 1. The molecule has 0 amide bonds. The van der Waals surface area contributed by atoms with E-state index in [1.165, 1.54) is 18.2 Å². The highest BCUT2D eigenvalue weighted by Crippen LogP contribution is 2.47. The molecule has 0 aliphatic carbocycles. The smallest absolute Gasteiger partial charge is 0.395 e. The summed E-state index contributed by atoms with van der Waals surface area (Å²) in [6.45, 7) is 0. The first-order chi connectivity index (χ1) is 10.7. The molecule has 23 heavy (non-hydrogen) atoms. The van der Waals surface area contributed by atoms with Crippen LogP contribution in [0.1, 0.15) is 15.9 Å². The van der Waals surface area contributed by atoms with Crippen LogP contribution < -0.4 is 9.47 Å². The maximum Gasteiger partial charge on any atom is 0.586 e. The second-order valence-electron chi connectivity index (χ2n) is 4.76. The summed E-state index contributed by atoms with van der Waals surface area (Å²) in [6.07, 6.45) is -8.34. The monoisotopic (exact) mass is 330 g/mol. The van der Waals surface area contributed by atoms with Crippen LogP contribution in [0.2, 0.25) is 0 Å². The average molecular weight is 330 g/mol. The normalized spacial score (nSPS) is 15.5. The van der Waals surface area contributed by atoms with E-state index in [9.17, 15) is 26.7 Å². The summed E-state index contributed by atoms with van der Waals surface area (Å²) in [5.41, 5.74) is -1.42. The van der Waals surface area contributed by atoms with Crippen molar-refractivity contribution in [1.82, 2.24) is 0 Å². The van der Waals surface area contributed by atoms with E-state index >= 15 is 0 Å². The van der Waals surface area contributed by atoms with Crippen LogP contribution in [0.25, 0.3) is 11.1 Å². The van der Waals surface area contributed by atoms with E-state index in [0.29, 0.717) is 6.07 Å². The van der Waals surface area contributed by atoms with E-state index in [1.807, 2.05) is 0 Å². The predicted molar refractivity (Wildman–Crippen MR) is 68.5 cm³/mol. The average Bonchev–Trinajstić information content (AvgIpc) is 2.79. The standard InChI is InChI=1S/C15H7F5O3/c16-14(17,18)10-5-8(7-21)4-9(6-10)11-2-1-3-12-13(11)23-15(19,20)22-12/h1-7H. The molecule has 2 aromatic rings. The summed E-state index contributed by atoms with van der Waals surface area (Å²) >= 11 is 0. The molecule has 1 heterocycles. The number of halogens is 5. The molecule has 0 atom stereocenters. The molecule has 8 heteroatoms. The van der Waals surface area contributed by atoms with Crippen molar-refractivity contribution in [3.63, 3.8) is 0 Å². The summed E-state index contributed by atoms with van der Waals surface area (Å²) in [4.78, 5) is 10.9. The lowest BCUT2D eigenvalue weighted by Crippen LogP contribution is -2.26. The number of aldehydes is 1.